The molecule has 0 saturated carbocycles. The lowest BCUT2D eigenvalue weighted by atomic mass is 10.2. The summed E-state index contributed by atoms with van der Waals surface area (Å²) in [5, 5.41) is 0. The van der Waals surface area contributed by atoms with Gasteiger partial charge >= 0.3 is 0 Å². The van der Waals surface area contributed by atoms with E-state index in [1.54, 1.807) is 12.2 Å². The van der Waals surface area contributed by atoms with Crippen LogP contribution < -0.4 is 0 Å². The number of sulfone groups is 2. The molecule has 1 aromatic rings. The molecule has 4 rings (SSSR count). The summed E-state index contributed by atoms with van der Waals surface area (Å²) in [6.45, 7) is 0. The van der Waals surface area contributed by atoms with Crippen LogP contribution in [0.15, 0.2) is 56.0 Å². The van der Waals surface area contributed by atoms with Gasteiger partial charge < -0.3 is 4.74 Å². The zero-order valence-electron chi connectivity index (χ0n) is 9.48. The van der Waals surface area contributed by atoms with Crippen LogP contribution >= 0.6 is 0 Å². The molecule has 3 heterocycles. The Morgan fingerprint density at radius 3 is 1.63 bits per heavy atom. The normalized spacial score (nSPS) is 32.2. The molecule has 0 aromatic heterocycles. The first kappa shape index (κ1) is 11.4. The van der Waals surface area contributed by atoms with Crippen molar-refractivity contribution in [3.8, 4) is 0 Å². The minimum absolute atomic E-state index is 0.112. The minimum atomic E-state index is -3.80. The topological polar surface area (TPSA) is 77.5 Å². The van der Waals surface area contributed by atoms with Crippen molar-refractivity contribution in [3.63, 3.8) is 0 Å². The molecule has 19 heavy (non-hydrogen) atoms. The van der Waals surface area contributed by atoms with Crippen molar-refractivity contribution >= 4 is 19.7 Å². The summed E-state index contributed by atoms with van der Waals surface area (Å²) in [7, 11) is -7.59. The van der Waals surface area contributed by atoms with Crippen molar-refractivity contribution in [2.45, 2.75) is 22.0 Å². The summed E-state index contributed by atoms with van der Waals surface area (Å²) in [5.74, 6) is 0. The van der Waals surface area contributed by atoms with E-state index >= 15 is 0 Å². The third-order valence-electron chi connectivity index (χ3n) is 3.52. The average Bonchev–Trinajstić information content (AvgIpc) is 2.98. The van der Waals surface area contributed by atoms with Crippen molar-refractivity contribution in [1.82, 2.24) is 0 Å². The average molecular weight is 296 g/mol. The van der Waals surface area contributed by atoms with Crippen LogP contribution in [0.3, 0.4) is 0 Å². The van der Waals surface area contributed by atoms with E-state index in [1.165, 1.54) is 24.3 Å². The van der Waals surface area contributed by atoms with Gasteiger partial charge in [0.1, 0.15) is 12.2 Å². The highest BCUT2D eigenvalue weighted by Crippen LogP contribution is 2.48. The molecule has 0 fully saturated rings. The third kappa shape index (κ3) is 1.18. The maximum absolute atomic E-state index is 12.5. The van der Waals surface area contributed by atoms with Gasteiger partial charge in [-0.25, -0.2) is 16.8 Å². The molecule has 0 spiro atoms. The predicted octanol–water partition coefficient (Wildman–Crippen LogP) is 0.796. The third-order valence-corrected chi connectivity index (χ3v) is 7.71. The van der Waals surface area contributed by atoms with Gasteiger partial charge in [-0.2, -0.15) is 0 Å². The molecular weight excluding hydrogens is 288 g/mol. The van der Waals surface area contributed by atoms with Gasteiger partial charge in [-0.05, 0) is 12.1 Å². The molecule has 1 aromatic carbocycles. The summed E-state index contributed by atoms with van der Waals surface area (Å²) in [5.41, 5.74) is 0. The molecule has 0 amide bonds. The van der Waals surface area contributed by atoms with Gasteiger partial charge in [-0.15, -0.1) is 0 Å². The number of fused-ring (bicyclic) bond motifs is 5. The summed E-state index contributed by atoms with van der Waals surface area (Å²) in [6, 6.07) is 5.67. The van der Waals surface area contributed by atoms with Crippen LogP contribution in [-0.2, 0) is 24.4 Å². The maximum Gasteiger partial charge on any atom is 0.208 e. The van der Waals surface area contributed by atoms with Gasteiger partial charge in [0.25, 0.3) is 0 Å². The summed E-state index contributed by atoms with van der Waals surface area (Å²) in [4.78, 5) is -0.533. The quantitative estimate of drug-likeness (QED) is 0.662. The molecule has 3 aliphatic rings. The second-order valence-electron chi connectivity index (χ2n) is 4.54. The largest absolute Gasteiger partial charge is 0.356 e. The predicted molar refractivity (Wildman–Crippen MR) is 65.6 cm³/mol. The highest BCUT2D eigenvalue weighted by atomic mass is 32.2. The fraction of sp³-hybridized carbons (Fsp3) is 0.167. The molecule has 0 radical (unpaired) electrons. The molecule has 0 N–H and O–H groups in total. The SMILES string of the molecule is O=S1(=O)C2=C([C@H]3C=C[C@@H]2O3)S(=O)(=O)c2ccccc21. The fourth-order valence-corrected chi connectivity index (χ4v) is 7.34. The van der Waals surface area contributed by atoms with Crippen LogP contribution in [-0.4, -0.2) is 29.0 Å². The highest BCUT2D eigenvalue weighted by Gasteiger charge is 2.53. The smallest absolute Gasteiger partial charge is 0.208 e. The fourth-order valence-electron chi connectivity index (χ4n) is 2.73. The summed E-state index contributed by atoms with van der Waals surface area (Å²) < 4.78 is 55.5. The van der Waals surface area contributed by atoms with Gasteiger partial charge in [-0.1, -0.05) is 24.3 Å². The second-order valence-corrected chi connectivity index (χ2v) is 8.32. The Morgan fingerprint density at radius 2 is 1.21 bits per heavy atom. The van der Waals surface area contributed by atoms with Crippen molar-refractivity contribution in [2.75, 3.05) is 0 Å². The Bertz CT molecular complexity index is 803. The standard InChI is InChI=1S/C12H8O5S2/c13-18(14)9-3-1-2-4-10(9)19(15,16)12-8-6-5-7(17-8)11(12)18/h1-8H/t7-,8+. The summed E-state index contributed by atoms with van der Waals surface area (Å²) >= 11 is 0. The first-order valence-corrected chi connectivity index (χ1v) is 8.58. The zero-order chi connectivity index (χ0) is 13.4. The molecule has 0 saturated heterocycles. The lowest BCUT2D eigenvalue weighted by molar-refractivity contribution is 0.133. The van der Waals surface area contributed by atoms with E-state index in [0.717, 1.165) is 0 Å². The Kier molecular flexibility index (Phi) is 1.90. The molecule has 7 heteroatoms. The number of benzene rings is 1. The van der Waals surface area contributed by atoms with Crippen LogP contribution in [0.25, 0.3) is 0 Å². The molecule has 2 atom stereocenters. The number of rotatable bonds is 0. The molecule has 3 aliphatic heterocycles. The van der Waals surface area contributed by atoms with E-state index < -0.39 is 31.9 Å². The Hall–Kier alpha value is -1.44. The molecule has 0 unspecified atom stereocenters. The van der Waals surface area contributed by atoms with Gasteiger partial charge in [0.15, 0.2) is 0 Å². The van der Waals surface area contributed by atoms with Crippen molar-refractivity contribution in [2.24, 2.45) is 0 Å². The van der Waals surface area contributed by atoms with E-state index in [1.807, 2.05) is 0 Å². The molecule has 0 aliphatic carbocycles. The van der Waals surface area contributed by atoms with Gasteiger partial charge in [0, 0.05) is 0 Å². The van der Waals surface area contributed by atoms with Crippen LogP contribution in [0.4, 0.5) is 0 Å². The van der Waals surface area contributed by atoms with E-state index in [0.29, 0.717) is 0 Å². The van der Waals surface area contributed by atoms with E-state index in [2.05, 4.69) is 0 Å². The lowest BCUT2D eigenvalue weighted by Crippen LogP contribution is -2.26. The lowest BCUT2D eigenvalue weighted by Gasteiger charge is -2.21. The number of hydrogen-bond acceptors (Lipinski definition) is 5. The first-order chi connectivity index (χ1) is 8.94. The zero-order valence-corrected chi connectivity index (χ0v) is 11.1. The molecule has 5 nitrogen and oxygen atoms in total. The second kappa shape index (κ2) is 3.17. The number of ether oxygens (including phenoxy) is 1. The van der Waals surface area contributed by atoms with Crippen molar-refractivity contribution < 1.29 is 21.6 Å². The Balaban J connectivity index is 2.18. The first-order valence-electron chi connectivity index (χ1n) is 5.61. The monoisotopic (exact) mass is 296 g/mol. The Labute approximate surface area is 110 Å². The van der Waals surface area contributed by atoms with Crippen LogP contribution in [0.1, 0.15) is 0 Å². The summed E-state index contributed by atoms with van der Waals surface area (Å²) in [6.07, 6.45) is 1.64. The van der Waals surface area contributed by atoms with Crippen LogP contribution in [0.5, 0.6) is 0 Å². The van der Waals surface area contributed by atoms with Crippen LogP contribution in [0.2, 0.25) is 0 Å². The van der Waals surface area contributed by atoms with Crippen molar-refractivity contribution in [1.29, 1.82) is 0 Å². The van der Waals surface area contributed by atoms with Crippen LogP contribution in [0, 0.1) is 0 Å². The van der Waals surface area contributed by atoms with E-state index in [9.17, 15) is 16.8 Å². The number of hydrogen-bond donors (Lipinski definition) is 0. The molecule has 98 valence electrons. The Morgan fingerprint density at radius 1 is 0.789 bits per heavy atom. The van der Waals surface area contributed by atoms with Crippen molar-refractivity contribution in [3.05, 3.63) is 46.2 Å². The van der Waals surface area contributed by atoms with E-state index in [-0.39, 0.29) is 19.6 Å². The molecule has 2 bridgehead atoms. The maximum atomic E-state index is 12.5. The van der Waals surface area contributed by atoms with Gasteiger partial charge in [0.05, 0.1) is 19.6 Å². The van der Waals surface area contributed by atoms with Gasteiger partial charge in [0.2, 0.25) is 19.7 Å². The highest BCUT2D eigenvalue weighted by molar-refractivity contribution is 8.01. The van der Waals surface area contributed by atoms with E-state index in [4.69, 9.17) is 4.74 Å². The van der Waals surface area contributed by atoms with Gasteiger partial charge in [-0.3, -0.25) is 0 Å². The minimum Gasteiger partial charge on any atom is -0.356 e. The molecular formula is C12H8O5S2.